The Balaban J connectivity index is 2.10. The van der Waals surface area contributed by atoms with Crippen molar-refractivity contribution < 1.29 is 5.11 Å². The van der Waals surface area contributed by atoms with Crippen molar-refractivity contribution in [1.29, 1.82) is 0 Å². The van der Waals surface area contributed by atoms with Crippen molar-refractivity contribution in [2.24, 2.45) is 0 Å². The van der Waals surface area contributed by atoms with Gasteiger partial charge in [0.2, 0.25) is 0 Å². The van der Waals surface area contributed by atoms with Crippen LogP contribution in [0.3, 0.4) is 0 Å². The van der Waals surface area contributed by atoms with E-state index in [2.05, 4.69) is 92.2 Å². The van der Waals surface area contributed by atoms with Crippen molar-refractivity contribution >= 4 is 31.9 Å². The van der Waals surface area contributed by atoms with E-state index in [1.54, 1.807) is 0 Å². The first-order valence-electron chi connectivity index (χ1n) is 6.92. The molecule has 112 valence electrons. The minimum absolute atomic E-state index is 0.122. The van der Waals surface area contributed by atoms with Crippen molar-refractivity contribution in [3.8, 4) is 0 Å². The van der Waals surface area contributed by atoms with E-state index >= 15 is 0 Å². The van der Waals surface area contributed by atoms with Crippen molar-refractivity contribution in [2.75, 3.05) is 6.61 Å². The predicted molar refractivity (Wildman–Crippen MR) is 94.1 cm³/mol. The summed E-state index contributed by atoms with van der Waals surface area (Å²) < 4.78 is 2.17. The average molecular weight is 413 g/mol. The molecule has 0 fully saturated rings. The molecule has 0 saturated heterocycles. The van der Waals surface area contributed by atoms with Crippen LogP contribution in [0, 0.1) is 0 Å². The van der Waals surface area contributed by atoms with E-state index in [4.69, 9.17) is 0 Å². The molecule has 2 nitrogen and oxygen atoms in total. The highest BCUT2D eigenvalue weighted by Gasteiger charge is 2.14. The molecule has 1 atom stereocenters. The first-order valence-corrected chi connectivity index (χ1v) is 8.51. The summed E-state index contributed by atoms with van der Waals surface area (Å²) in [6.07, 6.45) is 0. The summed E-state index contributed by atoms with van der Waals surface area (Å²) in [5, 5.41) is 9.49. The van der Waals surface area contributed by atoms with Gasteiger partial charge in [0, 0.05) is 28.1 Å². The SMILES string of the molecule is C[C@H](CO)N(Cc1ccc(Br)cc1)Cc1ccc(Br)cc1. The summed E-state index contributed by atoms with van der Waals surface area (Å²) in [5.74, 6) is 0. The number of benzene rings is 2. The van der Waals surface area contributed by atoms with Crippen LogP contribution in [-0.4, -0.2) is 22.7 Å². The molecule has 0 amide bonds. The number of hydrogen-bond acceptors (Lipinski definition) is 2. The molecule has 0 aliphatic carbocycles. The monoisotopic (exact) mass is 411 g/mol. The predicted octanol–water partition coefficient (Wildman–Crippen LogP) is 4.59. The van der Waals surface area contributed by atoms with Crippen molar-refractivity contribution in [3.63, 3.8) is 0 Å². The zero-order valence-corrected chi connectivity index (χ0v) is 15.1. The molecule has 21 heavy (non-hydrogen) atoms. The highest BCUT2D eigenvalue weighted by molar-refractivity contribution is 9.10. The van der Waals surface area contributed by atoms with Crippen molar-refractivity contribution in [3.05, 3.63) is 68.6 Å². The molecule has 2 aromatic carbocycles. The number of hydrogen-bond donors (Lipinski definition) is 1. The fourth-order valence-corrected chi connectivity index (χ4v) is 2.66. The zero-order valence-electron chi connectivity index (χ0n) is 12.0. The molecule has 0 spiro atoms. The molecular weight excluding hydrogens is 394 g/mol. The Morgan fingerprint density at radius 1 is 0.857 bits per heavy atom. The van der Waals surface area contributed by atoms with E-state index in [1.807, 2.05) is 0 Å². The number of nitrogens with zero attached hydrogens (tertiary/aromatic N) is 1. The van der Waals surface area contributed by atoms with Crippen LogP contribution in [0.15, 0.2) is 57.5 Å². The van der Waals surface area contributed by atoms with E-state index in [1.165, 1.54) is 11.1 Å². The third-order valence-electron chi connectivity index (χ3n) is 3.49. The topological polar surface area (TPSA) is 23.5 Å². The maximum Gasteiger partial charge on any atom is 0.0584 e. The number of rotatable bonds is 6. The fraction of sp³-hybridized carbons (Fsp3) is 0.294. The molecular formula is C17H19Br2NO. The van der Waals surface area contributed by atoms with Crippen LogP contribution >= 0.6 is 31.9 Å². The standard InChI is InChI=1S/C17H19Br2NO/c1-13(12-21)20(10-14-2-6-16(18)7-3-14)11-15-4-8-17(19)9-5-15/h2-9,13,21H,10-12H2,1H3/t13-/m1/s1. The molecule has 0 radical (unpaired) electrons. The highest BCUT2D eigenvalue weighted by atomic mass is 79.9. The van der Waals surface area contributed by atoms with Crippen LogP contribution in [0.4, 0.5) is 0 Å². The third-order valence-corrected chi connectivity index (χ3v) is 4.54. The zero-order chi connectivity index (χ0) is 15.2. The van der Waals surface area contributed by atoms with Crippen LogP contribution in [-0.2, 0) is 13.1 Å². The molecule has 4 heteroatoms. The second-order valence-electron chi connectivity index (χ2n) is 5.19. The van der Waals surface area contributed by atoms with E-state index in [-0.39, 0.29) is 12.6 Å². The first kappa shape index (κ1) is 16.7. The van der Waals surface area contributed by atoms with Gasteiger partial charge in [-0.1, -0.05) is 56.1 Å². The average Bonchev–Trinajstić information content (AvgIpc) is 2.50. The molecule has 0 aromatic heterocycles. The smallest absolute Gasteiger partial charge is 0.0584 e. The Kier molecular flexibility index (Phi) is 6.42. The quantitative estimate of drug-likeness (QED) is 0.749. The van der Waals surface area contributed by atoms with Gasteiger partial charge >= 0.3 is 0 Å². The van der Waals surface area contributed by atoms with Gasteiger partial charge in [0.25, 0.3) is 0 Å². The number of halogens is 2. The van der Waals surface area contributed by atoms with Crippen LogP contribution in [0.25, 0.3) is 0 Å². The van der Waals surface area contributed by atoms with E-state index in [0.29, 0.717) is 0 Å². The molecule has 0 aliphatic rings. The first-order chi connectivity index (χ1) is 10.1. The van der Waals surface area contributed by atoms with Gasteiger partial charge in [0.05, 0.1) is 6.61 Å². The van der Waals surface area contributed by atoms with Crippen molar-refractivity contribution in [1.82, 2.24) is 4.90 Å². The van der Waals surface area contributed by atoms with Crippen LogP contribution < -0.4 is 0 Å². The van der Waals surface area contributed by atoms with Crippen molar-refractivity contribution in [2.45, 2.75) is 26.1 Å². The Morgan fingerprint density at radius 3 is 1.57 bits per heavy atom. The Labute approximate surface area is 143 Å². The summed E-state index contributed by atoms with van der Waals surface area (Å²) in [6, 6.07) is 16.8. The van der Waals surface area contributed by atoms with E-state index in [0.717, 1.165) is 22.0 Å². The van der Waals surface area contributed by atoms with Crippen LogP contribution in [0.1, 0.15) is 18.1 Å². The summed E-state index contributed by atoms with van der Waals surface area (Å²) in [5.41, 5.74) is 2.49. The molecule has 1 N–H and O–H groups in total. The van der Waals surface area contributed by atoms with Gasteiger partial charge in [0.1, 0.15) is 0 Å². The maximum absolute atomic E-state index is 9.49. The van der Waals surface area contributed by atoms with Gasteiger partial charge < -0.3 is 5.11 Å². The van der Waals surface area contributed by atoms with Gasteiger partial charge in [-0.25, -0.2) is 0 Å². The highest BCUT2D eigenvalue weighted by Crippen LogP contribution is 2.17. The largest absolute Gasteiger partial charge is 0.395 e. The second-order valence-corrected chi connectivity index (χ2v) is 7.02. The lowest BCUT2D eigenvalue weighted by molar-refractivity contribution is 0.121. The molecule has 0 unspecified atom stereocenters. The Bertz CT molecular complexity index is 507. The normalized spacial score (nSPS) is 12.6. The molecule has 2 rings (SSSR count). The summed E-state index contributed by atoms with van der Waals surface area (Å²) in [6.45, 7) is 3.86. The lowest BCUT2D eigenvalue weighted by Crippen LogP contribution is -2.34. The Hall–Kier alpha value is -0.680. The van der Waals surface area contributed by atoms with Gasteiger partial charge in [-0.05, 0) is 42.3 Å². The fourth-order valence-electron chi connectivity index (χ4n) is 2.13. The summed E-state index contributed by atoms with van der Waals surface area (Å²) >= 11 is 6.91. The van der Waals surface area contributed by atoms with Gasteiger partial charge in [0.15, 0.2) is 0 Å². The summed E-state index contributed by atoms with van der Waals surface area (Å²) in [7, 11) is 0. The number of aliphatic hydroxyl groups excluding tert-OH is 1. The van der Waals surface area contributed by atoms with E-state index < -0.39 is 0 Å². The molecule has 2 aromatic rings. The minimum atomic E-state index is 0.122. The van der Waals surface area contributed by atoms with Gasteiger partial charge in [-0.2, -0.15) is 0 Å². The summed E-state index contributed by atoms with van der Waals surface area (Å²) in [4.78, 5) is 2.28. The van der Waals surface area contributed by atoms with E-state index in [9.17, 15) is 5.11 Å². The van der Waals surface area contributed by atoms with Gasteiger partial charge in [-0.3, -0.25) is 4.90 Å². The third kappa shape index (κ3) is 5.22. The lowest BCUT2D eigenvalue weighted by atomic mass is 10.1. The molecule has 0 bridgehead atoms. The molecule has 0 aliphatic heterocycles. The second kappa shape index (κ2) is 8.08. The lowest BCUT2D eigenvalue weighted by Gasteiger charge is -2.28. The van der Waals surface area contributed by atoms with Crippen LogP contribution in [0.2, 0.25) is 0 Å². The maximum atomic E-state index is 9.49. The molecule has 0 saturated carbocycles. The Morgan fingerprint density at radius 2 is 1.24 bits per heavy atom. The van der Waals surface area contributed by atoms with Gasteiger partial charge in [-0.15, -0.1) is 0 Å². The minimum Gasteiger partial charge on any atom is -0.395 e. The molecule has 0 heterocycles. The number of aliphatic hydroxyl groups is 1. The van der Waals surface area contributed by atoms with Crippen LogP contribution in [0.5, 0.6) is 0 Å².